The maximum absolute atomic E-state index is 10.3. The number of aldehydes is 1. The molecular weight excluding hydrogens is 184 g/mol. The van der Waals surface area contributed by atoms with Crippen molar-refractivity contribution in [3.8, 4) is 0 Å². The predicted octanol–water partition coefficient (Wildman–Crippen LogP) is 1.81. The molecule has 0 spiro atoms. The van der Waals surface area contributed by atoms with E-state index in [1.54, 1.807) is 23.9 Å². The van der Waals surface area contributed by atoms with Gasteiger partial charge in [-0.15, -0.1) is 0 Å². The summed E-state index contributed by atoms with van der Waals surface area (Å²) in [5.74, 6) is 0. The lowest BCUT2D eigenvalue weighted by atomic mass is 10.3. The van der Waals surface area contributed by atoms with E-state index in [-0.39, 0.29) is 0 Å². The summed E-state index contributed by atoms with van der Waals surface area (Å²) in [6, 6.07) is 2.06. The quantitative estimate of drug-likeness (QED) is 0.695. The lowest BCUT2D eigenvalue weighted by Crippen LogP contribution is -1.93. The van der Waals surface area contributed by atoms with E-state index in [1.807, 2.05) is 9.95 Å². The van der Waals surface area contributed by atoms with Crippen LogP contribution in [-0.4, -0.2) is 15.8 Å². The number of rotatable bonds is 3. The van der Waals surface area contributed by atoms with Crippen LogP contribution in [0.5, 0.6) is 0 Å². The summed E-state index contributed by atoms with van der Waals surface area (Å²) in [6.45, 7) is 0.782. The summed E-state index contributed by atoms with van der Waals surface area (Å²) < 4.78 is 1.89. The molecule has 3 nitrogen and oxygen atoms in total. The predicted molar refractivity (Wildman–Crippen MR) is 51.0 cm³/mol. The van der Waals surface area contributed by atoms with Crippen molar-refractivity contribution in [3.05, 3.63) is 40.6 Å². The second-order valence-electron chi connectivity index (χ2n) is 2.72. The summed E-state index contributed by atoms with van der Waals surface area (Å²) in [4.78, 5) is 14.3. The average Bonchev–Trinajstić information content (AvgIpc) is 2.76. The number of carbonyl (C=O) groups is 1. The molecule has 2 rings (SSSR count). The zero-order chi connectivity index (χ0) is 9.10. The van der Waals surface area contributed by atoms with Gasteiger partial charge in [0.2, 0.25) is 0 Å². The molecule has 2 aromatic rings. The monoisotopic (exact) mass is 192 g/mol. The fourth-order valence-electron chi connectivity index (χ4n) is 1.12. The Balaban J connectivity index is 2.14. The molecule has 2 aromatic heterocycles. The lowest BCUT2D eigenvalue weighted by Gasteiger charge is -1.96. The SMILES string of the molecule is O=Cc1cn(Cc2ccsc2)cn1. The van der Waals surface area contributed by atoms with E-state index in [0.29, 0.717) is 5.69 Å². The van der Waals surface area contributed by atoms with Gasteiger partial charge >= 0.3 is 0 Å². The number of imidazole rings is 1. The van der Waals surface area contributed by atoms with Crippen LogP contribution in [0.2, 0.25) is 0 Å². The molecule has 0 atom stereocenters. The fraction of sp³-hybridized carbons (Fsp3) is 0.111. The van der Waals surface area contributed by atoms with Crippen LogP contribution in [0.25, 0.3) is 0 Å². The summed E-state index contributed by atoms with van der Waals surface area (Å²) in [5, 5.41) is 4.12. The van der Waals surface area contributed by atoms with Gasteiger partial charge in [-0.25, -0.2) is 4.98 Å². The van der Waals surface area contributed by atoms with E-state index >= 15 is 0 Å². The zero-order valence-corrected chi connectivity index (χ0v) is 7.70. The highest BCUT2D eigenvalue weighted by atomic mass is 32.1. The molecule has 0 aliphatic heterocycles. The van der Waals surface area contributed by atoms with Gasteiger partial charge in [0.05, 0.1) is 6.33 Å². The Labute approximate surface area is 79.7 Å². The first kappa shape index (κ1) is 8.19. The van der Waals surface area contributed by atoms with Gasteiger partial charge < -0.3 is 4.57 Å². The molecular formula is C9H8N2OS. The highest BCUT2D eigenvalue weighted by molar-refractivity contribution is 7.07. The molecule has 13 heavy (non-hydrogen) atoms. The topological polar surface area (TPSA) is 34.9 Å². The maximum atomic E-state index is 10.3. The van der Waals surface area contributed by atoms with Gasteiger partial charge in [0.15, 0.2) is 6.29 Å². The van der Waals surface area contributed by atoms with E-state index in [0.717, 1.165) is 12.8 Å². The number of hydrogen-bond donors (Lipinski definition) is 0. The fourth-order valence-corrected chi connectivity index (χ4v) is 1.78. The number of hydrogen-bond acceptors (Lipinski definition) is 3. The molecule has 0 saturated carbocycles. The summed E-state index contributed by atoms with van der Waals surface area (Å²) >= 11 is 1.67. The molecule has 0 bridgehead atoms. The molecule has 0 saturated heterocycles. The summed E-state index contributed by atoms with van der Waals surface area (Å²) in [5.41, 5.74) is 1.72. The Morgan fingerprint density at radius 3 is 3.15 bits per heavy atom. The number of carbonyl (C=O) groups excluding carboxylic acids is 1. The van der Waals surface area contributed by atoms with Crippen LogP contribution in [-0.2, 0) is 6.54 Å². The molecule has 0 aliphatic carbocycles. The molecule has 66 valence electrons. The molecule has 0 fully saturated rings. The van der Waals surface area contributed by atoms with E-state index < -0.39 is 0 Å². The van der Waals surface area contributed by atoms with Crippen molar-refractivity contribution in [2.75, 3.05) is 0 Å². The molecule has 0 unspecified atom stereocenters. The van der Waals surface area contributed by atoms with Gasteiger partial charge in [0, 0.05) is 12.7 Å². The van der Waals surface area contributed by atoms with Crippen LogP contribution in [0.3, 0.4) is 0 Å². The number of nitrogens with zero attached hydrogens (tertiary/aromatic N) is 2. The van der Waals surface area contributed by atoms with Crippen molar-refractivity contribution < 1.29 is 4.79 Å². The summed E-state index contributed by atoms with van der Waals surface area (Å²) in [7, 11) is 0. The molecule has 0 radical (unpaired) electrons. The van der Waals surface area contributed by atoms with Gasteiger partial charge in [-0.3, -0.25) is 4.79 Å². The van der Waals surface area contributed by atoms with Crippen molar-refractivity contribution in [2.24, 2.45) is 0 Å². The second-order valence-corrected chi connectivity index (χ2v) is 3.50. The molecule has 4 heteroatoms. The van der Waals surface area contributed by atoms with Gasteiger partial charge in [-0.2, -0.15) is 11.3 Å². The van der Waals surface area contributed by atoms with Crippen LogP contribution in [0.1, 0.15) is 16.1 Å². The first-order valence-corrected chi connectivity index (χ1v) is 4.81. The molecule has 0 amide bonds. The molecule has 0 N–H and O–H groups in total. The molecule has 0 aliphatic rings. The highest BCUT2D eigenvalue weighted by Gasteiger charge is 1.97. The van der Waals surface area contributed by atoms with Gasteiger partial charge in [0.1, 0.15) is 5.69 Å². The van der Waals surface area contributed by atoms with Crippen molar-refractivity contribution in [3.63, 3.8) is 0 Å². The van der Waals surface area contributed by atoms with E-state index in [1.165, 1.54) is 5.56 Å². The molecule has 0 aromatic carbocycles. The van der Waals surface area contributed by atoms with Crippen LogP contribution >= 0.6 is 11.3 Å². The standard InChI is InChI=1S/C9H8N2OS/c12-5-9-4-11(7-10-9)3-8-1-2-13-6-8/h1-2,4-7H,3H2. The lowest BCUT2D eigenvalue weighted by molar-refractivity contribution is 0.111. The van der Waals surface area contributed by atoms with Gasteiger partial charge in [0.25, 0.3) is 0 Å². The van der Waals surface area contributed by atoms with Crippen molar-refractivity contribution in [1.29, 1.82) is 0 Å². The number of thiophene rings is 1. The first-order chi connectivity index (χ1) is 6.38. The van der Waals surface area contributed by atoms with E-state index in [2.05, 4.69) is 16.4 Å². The highest BCUT2D eigenvalue weighted by Crippen LogP contribution is 2.07. The largest absolute Gasteiger partial charge is 0.332 e. The Hall–Kier alpha value is -1.42. The van der Waals surface area contributed by atoms with E-state index in [9.17, 15) is 4.79 Å². The van der Waals surface area contributed by atoms with Crippen LogP contribution in [0.15, 0.2) is 29.4 Å². The third-order valence-electron chi connectivity index (χ3n) is 1.72. The third-order valence-corrected chi connectivity index (χ3v) is 2.45. The van der Waals surface area contributed by atoms with Crippen molar-refractivity contribution in [1.82, 2.24) is 9.55 Å². The number of aromatic nitrogens is 2. The van der Waals surface area contributed by atoms with E-state index in [4.69, 9.17) is 0 Å². The Morgan fingerprint density at radius 1 is 1.62 bits per heavy atom. The zero-order valence-electron chi connectivity index (χ0n) is 6.88. The third kappa shape index (κ3) is 1.84. The first-order valence-electron chi connectivity index (χ1n) is 3.86. The van der Waals surface area contributed by atoms with Gasteiger partial charge in [-0.05, 0) is 22.4 Å². The Morgan fingerprint density at radius 2 is 2.54 bits per heavy atom. The minimum Gasteiger partial charge on any atom is -0.332 e. The van der Waals surface area contributed by atoms with Crippen molar-refractivity contribution in [2.45, 2.75) is 6.54 Å². The maximum Gasteiger partial charge on any atom is 0.169 e. The Kier molecular flexibility index (Phi) is 2.23. The van der Waals surface area contributed by atoms with Crippen LogP contribution in [0, 0.1) is 0 Å². The average molecular weight is 192 g/mol. The van der Waals surface area contributed by atoms with Gasteiger partial charge in [-0.1, -0.05) is 0 Å². The minimum atomic E-state index is 0.482. The Bertz CT molecular complexity index is 391. The van der Waals surface area contributed by atoms with Crippen LogP contribution < -0.4 is 0 Å². The van der Waals surface area contributed by atoms with Crippen molar-refractivity contribution >= 4 is 17.6 Å². The second kappa shape index (κ2) is 3.53. The molecule has 2 heterocycles. The smallest absolute Gasteiger partial charge is 0.169 e. The summed E-state index contributed by atoms with van der Waals surface area (Å²) in [6.07, 6.45) is 4.16. The van der Waals surface area contributed by atoms with Crippen LogP contribution in [0.4, 0.5) is 0 Å². The minimum absolute atomic E-state index is 0.482. The normalized spacial score (nSPS) is 10.2.